The highest BCUT2D eigenvalue weighted by molar-refractivity contribution is 6.06. The summed E-state index contributed by atoms with van der Waals surface area (Å²) < 4.78 is 5.09. The molecular formula is C12H8O5. The third-order valence-corrected chi connectivity index (χ3v) is 2.30. The Labute approximate surface area is 95.9 Å². The molecule has 0 radical (unpaired) electrons. The van der Waals surface area contributed by atoms with Crippen LogP contribution in [0.2, 0.25) is 0 Å². The number of benzene rings is 1. The van der Waals surface area contributed by atoms with Crippen LogP contribution in [0.5, 0.6) is 0 Å². The van der Waals surface area contributed by atoms with Crippen LogP contribution in [0.25, 0.3) is 11.3 Å². The maximum absolute atomic E-state index is 11.1. The third kappa shape index (κ3) is 1.90. The Morgan fingerprint density at radius 1 is 1.00 bits per heavy atom. The fourth-order valence-corrected chi connectivity index (χ4v) is 1.60. The van der Waals surface area contributed by atoms with E-state index in [1.165, 1.54) is 24.5 Å². The van der Waals surface area contributed by atoms with Crippen molar-refractivity contribution in [3.05, 3.63) is 47.7 Å². The van der Waals surface area contributed by atoms with Gasteiger partial charge in [-0.25, -0.2) is 9.59 Å². The smallest absolute Gasteiger partial charge is 0.337 e. The Morgan fingerprint density at radius 2 is 1.76 bits per heavy atom. The summed E-state index contributed by atoms with van der Waals surface area (Å²) in [5, 5.41) is 18.0. The van der Waals surface area contributed by atoms with Gasteiger partial charge in [-0.2, -0.15) is 0 Å². The van der Waals surface area contributed by atoms with Gasteiger partial charge in [-0.15, -0.1) is 0 Å². The van der Waals surface area contributed by atoms with E-state index in [2.05, 4.69) is 0 Å². The lowest BCUT2D eigenvalue weighted by Gasteiger charge is -2.06. The SMILES string of the molecule is O=C(O)c1cccc(-c2ccco2)c1C(=O)O. The van der Waals surface area contributed by atoms with Crippen molar-refractivity contribution in [3.8, 4) is 11.3 Å². The highest BCUT2D eigenvalue weighted by atomic mass is 16.4. The number of carboxylic acid groups (broad SMARTS) is 2. The third-order valence-electron chi connectivity index (χ3n) is 2.30. The van der Waals surface area contributed by atoms with Crippen molar-refractivity contribution >= 4 is 11.9 Å². The summed E-state index contributed by atoms with van der Waals surface area (Å²) in [6, 6.07) is 7.42. The van der Waals surface area contributed by atoms with Gasteiger partial charge >= 0.3 is 11.9 Å². The normalized spacial score (nSPS) is 10.1. The molecule has 0 fully saturated rings. The Hall–Kier alpha value is -2.56. The first kappa shape index (κ1) is 10.9. The number of rotatable bonds is 3. The maximum atomic E-state index is 11.1. The number of aromatic carboxylic acids is 2. The monoisotopic (exact) mass is 232 g/mol. The number of hydrogen-bond acceptors (Lipinski definition) is 3. The minimum Gasteiger partial charge on any atom is -0.478 e. The van der Waals surface area contributed by atoms with E-state index >= 15 is 0 Å². The van der Waals surface area contributed by atoms with Crippen molar-refractivity contribution in [3.63, 3.8) is 0 Å². The molecule has 0 bridgehead atoms. The summed E-state index contributed by atoms with van der Waals surface area (Å²) in [4.78, 5) is 22.1. The number of furan rings is 1. The van der Waals surface area contributed by atoms with E-state index in [0.717, 1.165) is 0 Å². The van der Waals surface area contributed by atoms with Gasteiger partial charge in [-0.05, 0) is 18.2 Å². The molecule has 0 amide bonds. The van der Waals surface area contributed by atoms with Crippen LogP contribution in [0.15, 0.2) is 41.0 Å². The predicted octanol–water partition coefficient (Wildman–Crippen LogP) is 2.34. The molecule has 2 N–H and O–H groups in total. The fraction of sp³-hybridized carbons (Fsp3) is 0. The standard InChI is InChI=1S/C12H8O5/c13-11(14)8-4-1-3-7(10(8)12(15)16)9-5-2-6-17-9/h1-6H,(H,13,14)(H,15,16). The predicted molar refractivity (Wildman–Crippen MR) is 58.1 cm³/mol. The number of carbonyl (C=O) groups is 2. The largest absolute Gasteiger partial charge is 0.478 e. The van der Waals surface area contributed by atoms with E-state index < -0.39 is 11.9 Å². The molecule has 86 valence electrons. The fourth-order valence-electron chi connectivity index (χ4n) is 1.60. The zero-order chi connectivity index (χ0) is 12.4. The van der Waals surface area contributed by atoms with Gasteiger partial charge in [0, 0.05) is 5.56 Å². The minimum absolute atomic E-state index is 0.252. The van der Waals surface area contributed by atoms with E-state index in [-0.39, 0.29) is 16.7 Å². The zero-order valence-electron chi connectivity index (χ0n) is 8.58. The summed E-state index contributed by atoms with van der Waals surface area (Å²) in [5.41, 5.74) is -0.274. The van der Waals surface area contributed by atoms with Gasteiger partial charge in [0.05, 0.1) is 17.4 Å². The molecule has 0 aliphatic heterocycles. The molecule has 0 unspecified atom stereocenters. The van der Waals surface area contributed by atoms with Gasteiger partial charge in [0.25, 0.3) is 0 Å². The first-order valence-corrected chi connectivity index (χ1v) is 4.74. The van der Waals surface area contributed by atoms with Gasteiger partial charge in [0.1, 0.15) is 5.76 Å². The van der Waals surface area contributed by atoms with E-state index in [0.29, 0.717) is 5.76 Å². The average molecular weight is 232 g/mol. The second-order valence-corrected chi connectivity index (χ2v) is 3.32. The van der Waals surface area contributed by atoms with Gasteiger partial charge in [-0.1, -0.05) is 12.1 Å². The molecule has 0 spiro atoms. The quantitative estimate of drug-likeness (QED) is 0.847. The minimum atomic E-state index is -1.30. The van der Waals surface area contributed by atoms with Gasteiger partial charge < -0.3 is 14.6 Å². The van der Waals surface area contributed by atoms with Crippen LogP contribution in [0, 0.1) is 0 Å². The Balaban J connectivity index is 2.72. The molecule has 2 rings (SSSR count). The second-order valence-electron chi connectivity index (χ2n) is 3.32. The molecular weight excluding hydrogens is 224 g/mol. The summed E-state index contributed by atoms with van der Waals surface area (Å²) in [6.45, 7) is 0. The molecule has 0 saturated heterocycles. The molecule has 0 atom stereocenters. The molecule has 5 heteroatoms. The molecule has 0 saturated carbocycles. The van der Waals surface area contributed by atoms with Crippen LogP contribution in [-0.4, -0.2) is 22.2 Å². The van der Waals surface area contributed by atoms with E-state index in [4.69, 9.17) is 14.6 Å². The average Bonchev–Trinajstić information content (AvgIpc) is 2.81. The van der Waals surface area contributed by atoms with Crippen molar-refractivity contribution in [1.29, 1.82) is 0 Å². The zero-order valence-corrected chi connectivity index (χ0v) is 8.58. The van der Waals surface area contributed by atoms with Gasteiger partial charge in [-0.3, -0.25) is 0 Å². The molecule has 0 aliphatic carbocycles. The number of carboxylic acids is 2. The first-order chi connectivity index (χ1) is 8.11. The Morgan fingerprint density at radius 3 is 2.29 bits per heavy atom. The summed E-state index contributed by atoms with van der Waals surface area (Å²) in [7, 11) is 0. The molecule has 2 aromatic rings. The topological polar surface area (TPSA) is 87.7 Å². The molecule has 5 nitrogen and oxygen atoms in total. The summed E-state index contributed by atoms with van der Waals surface area (Å²) in [5.74, 6) is -2.25. The summed E-state index contributed by atoms with van der Waals surface area (Å²) >= 11 is 0. The molecule has 0 aliphatic rings. The highest BCUT2D eigenvalue weighted by Gasteiger charge is 2.21. The van der Waals surface area contributed by atoms with Crippen LogP contribution in [0.3, 0.4) is 0 Å². The first-order valence-electron chi connectivity index (χ1n) is 4.74. The van der Waals surface area contributed by atoms with Crippen LogP contribution < -0.4 is 0 Å². The maximum Gasteiger partial charge on any atom is 0.337 e. The molecule has 17 heavy (non-hydrogen) atoms. The van der Waals surface area contributed by atoms with Crippen molar-refractivity contribution in [2.24, 2.45) is 0 Å². The lowest BCUT2D eigenvalue weighted by Crippen LogP contribution is -2.09. The highest BCUT2D eigenvalue weighted by Crippen LogP contribution is 2.26. The van der Waals surface area contributed by atoms with Crippen molar-refractivity contribution < 1.29 is 24.2 Å². The molecule has 1 heterocycles. The van der Waals surface area contributed by atoms with E-state index in [9.17, 15) is 9.59 Å². The second kappa shape index (κ2) is 4.13. The van der Waals surface area contributed by atoms with Crippen LogP contribution in [0.1, 0.15) is 20.7 Å². The van der Waals surface area contributed by atoms with Crippen LogP contribution in [0.4, 0.5) is 0 Å². The van der Waals surface area contributed by atoms with E-state index in [1.807, 2.05) is 0 Å². The summed E-state index contributed by atoms with van der Waals surface area (Å²) in [6.07, 6.45) is 1.40. The van der Waals surface area contributed by atoms with Crippen molar-refractivity contribution in [2.75, 3.05) is 0 Å². The Kier molecular flexibility index (Phi) is 2.66. The molecule has 1 aromatic heterocycles. The van der Waals surface area contributed by atoms with Crippen LogP contribution >= 0.6 is 0 Å². The van der Waals surface area contributed by atoms with Gasteiger partial charge in [0.15, 0.2) is 0 Å². The number of hydrogen-bond donors (Lipinski definition) is 2. The lowest BCUT2D eigenvalue weighted by atomic mass is 9.99. The Bertz CT molecular complexity index is 569. The van der Waals surface area contributed by atoms with Crippen molar-refractivity contribution in [1.82, 2.24) is 0 Å². The van der Waals surface area contributed by atoms with Crippen LogP contribution in [-0.2, 0) is 0 Å². The van der Waals surface area contributed by atoms with Gasteiger partial charge in [0.2, 0.25) is 0 Å². The van der Waals surface area contributed by atoms with E-state index in [1.54, 1.807) is 12.1 Å². The molecule has 1 aromatic carbocycles. The van der Waals surface area contributed by atoms with Crippen molar-refractivity contribution in [2.45, 2.75) is 0 Å². The lowest BCUT2D eigenvalue weighted by molar-refractivity contribution is 0.0652.